The van der Waals surface area contributed by atoms with Gasteiger partial charge in [-0.05, 0) is 42.7 Å². The third-order valence-electron chi connectivity index (χ3n) is 4.76. The van der Waals surface area contributed by atoms with E-state index in [4.69, 9.17) is 11.1 Å². The standard InChI is InChI=1S/C20H23F2N3O/c1-5-10(2)20(26)17-15(22)8-13(11(3)18(17)24)16-14(21)7-6-12(9-23)19(16)25-4/h6-10,23,25H,5,24H2,1-4H3. The molecule has 0 aliphatic carbocycles. The first-order valence-corrected chi connectivity index (χ1v) is 8.42. The molecule has 0 radical (unpaired) electrons. The Morgan fingerprint density at radius 3 is 2.54 bits per heavy atom. The van der Waals surface area contributed by atoms with E-state index < -0.39 is 11.6 Å². The number of halogens is 2. The number of carbonyl (C=O) groups excluding carboxylic acids is 1. The molecule has 4 nitrogen and oxygen atoms in total. The third-order valence-corrected chi connectivity index (χ3v) is 4.76. The van der Waals surface area contributed by atoms with Crippen LogP contribution in [0.5, 0.6) is 0 Å². The van der Waals surface area contributed by atoms with Crippen LogP contribution < -0.4 is 11.1 Å². The third kappa shape index (κ3) is 3.19. The molecule has 0 aliphatic rings. The Hall–Kier alpha value is -2.76. The number of benzene rings is 2. The molecular formula is C20H23F2N3O. The maximum absolute atomic E-state index is 14.8. The number of ketones is 1. The number of anilines is 2. The quantitative estimate of drug-likeness (QED) is 0.394. The summed E-state index contributed by atoms with van der Waals surface area (Å²) in [5, 5.41) is 10.3. The number of rotatable bonds is 6. The van der Waals surface area contributed by atoms with E-state index in [-0.39, 0.29) is 34.1 Å². The molecule has 2 rings (SSSR count). The molecular weight excluding hydrogens is 336 g/mol. The van der Waals surface area contributed by atoms with Crippen LogP contribution in [-0.4, -0.2) is 19.0 Å². The van der Waals surface area contributed by atoms with Crippen molar-refractivity contribution in [2.24, 2.45) is 5.92 Å². The van der Waals surface area contributed by atoms with Crippen molar-refractivity contribution in [2.75, 3.05) is 18.1 Å². The number of hydrogen-bond acceptors (Lipinski definition) is 4. The molecule has 26 heavy (non-hydrogen) atoms. The van der Waals surface area contributed by atoms with Crippen molar-refractivity contribution >= 4 is 23.4 Å². The Balaban J connectivity index is 2.79. The van der Waals surface area contributed by atoms with Gasteiger partial charge in [0, 0.05) is 36.0 Å². The van der Waals surface area contributed by atoms with E-state index in [1.54, 1.807) is 20.9 Å². The van der Waals surface area contributed by atoms with Crippen molar-refractivity contribution in [2.45, 2.75) is 27.2 Å². The fourth-order valence-electron chi connectivity index (χ4n) is 2.96. The largest absolute Gasteiger partial charge is 0.398 e. The van der Waals surface area contributed by atoms with Gasteiger partial charge in [0.15, 0.2) is 5.78 Å². The van der Waals surface area contributed by atoms with E-state index in [2.05, 4.69) is 5.32 Å². The molecule has 0 saturated carbocycles. The molecule has 2 aromatic carbocycles. The van der Waals surface area contributed by atoms with Crippen LogP contribution in [0.25, 0.3) is 11.1 Å². The highest BCUT2D eigenvalue weighted by atomic mass is 19.1. The number of Topliss-reactive ketones (excluding diaryl/α,β-unsaturated/α-hetero) is 1. The smallest absolute Gasteiger partial charge is 0.170 e. The number of carbonyl (C=O) groups is 1. The van der Waals surface area contributed by atoms with Crippen LogP contribution in [0.3, 0.4) is 0 Å². The Morgan fingerprint density at radius 1 is 1.35 bits per heavy atom. The summed E-state index contributed by atoms with van der Waals surface area (Å²) in [6.45, 7) is 5.19. The van der Waals surface area contributed by atoms with E-state index in [0.29, 0.717) is 23.2 Å². The molecule has 138 valence electrons. The Morgan fingerprint density at radius 2 is 2.00 bits per heavy atom. The Labute approximate surface area is 151 Å². The second kappa shape index (κ2) is 7.64. The molecule has 0 aromatic heterocycles. The molecule has 0 saturated heterocycles. The van der Waals surface area contributed by atoms with Crippen molar-refractivity contribution in [1.29, 1.82) is 5.41 Å². The summed E-state index contributed by atoms with van der Waals surface area (Å²) in [4.78, 5) is 12.5. The molecule has 0 aliphatic heterocycles. The molecule has 6 heteroatoms. The second-order valence-corrected chi connectivity index (χ2v) is 6.27. The lowest BCUT2D eigenvalue weighted by Crippen LogP contribution is -2.16. The normalized spacial score (nSPS) is 11.9. The average molecular weight is 359 g/mol. The average Bonchev–Trinajstić information content (AvgIpc) is 2.63. The van der Waals surface area contributed by atoms with Crippen molar-refractivity contribution in [3.8, 4) is 11.1 Å². The number of nitrogens with two attached hydrogens (primary N) is 1. The second-order valence-electron chi connectivity index (χ2n) is 6.27. The van der Waals surface area contributed by atoms with Gasteiger partial charge < -0.3 is 16.5 Å². The maximum atomic E-state index is 14.8. The van der Waals surface area contributed by atoms with Gasteiger partial charge in [-0.3, -0.25) is 4.79 Å². The van der Waals surface area contributed by atoms with Crippen LogP contribution in [0.2, 0.25) is 0 Å². The zero-order chi connectivity index (χ0) is 19.6. The Bertz CT molecular complexity index is 878. The molecule has 0 bridgehead atoms. The van der Waals surface area contributed by atoms with Gasteiger partial charge in [-0.1, -0.05) is 13.8 Å². The first-order valence-electron chi connectivity index (χ1n) is 8.42. The van der Waals surface area contributed by atoms with Gasteiger partial charge >= 0.3 is 0 Å². The fourth-order valence-corrected chi connectivity index (χ4v) is 2.96. The van der Waals surface area contributed by atoms with E-state index in [1.807, 2.05) is 6.92 Å². The molecule has 1 unspecified atom stereocenters. The minimum Gasteiger partial charge on any atom is -0.398 e. The predicted molar refractivity (Wildman–Crippen MR) is 102 cm³/mol. The summed E-state index contributed by atoms with van der Waals surface area (Å²) >= 11 is 0. The zero-order valence-corrected chi connectivity index (χ0v) is 15.3. The molecule has 0 amide bonds. The van der Waals surface area contributed by atoms with Crippen LogP contribution in [0, 0.1) is 29.9 Å². The van der Waals surface area contributed by atoms with Gasteiger partial charge in [0.05, 0.1) is 11.3 Å². The van der Waals surface area contributed by atoms with E-state index in [0.717, 1.165) is 12.3 Å². The summed E-state index contributed by atoms with van der Waals surface area (Å²) < 4.78 is 29.4. The highest BCUT2D eigenvalue weighted by Gasteiger charge is 2.25. The van der Waals surface area contributed by atoms with Crippen molar-refractivity contribution < 1.29 is 13.6 Å². The molecule has 0 spiro atoms. The number of hydrogen-bond donors (Lipinski definition) is 3. The van der Waals surface area contributed by atoms with Gasteiger partial charge in [-0.25, -0.2) is 8.78 Å². The minimum atomic E-state index is -0.768. The lowest BCUT2D eigenvalue weighted by atomic mass is 9.89. The zero-order valence-electron chi connectivity index (χ0n) is 15.3. The fraction of sp³-hybridized carbons (Fsp3) is 0.300. The summed E-state index contributed by atoms with van der Waals surface area (Å²) in [5.41, 5.74) is 7.59. The minimum absolute atomic E-state index is 0.0204. The first kappa shape index (κ1) is 19.6. The molecule has 0 fully saturated rings. The van der Waals surface area contributed by atoms with Gasteiger partial charge in [-0.2, -0.15) is 0 Å². The van der Waals surface area contributed by atoms with Crippen molar-refractivity contribution in [3.63, 3.8) is 0 Å². The number of nitrogens with one attached hydrogen (secondary N) is 2. The monoisotopic (exact) mass is 359 g/mol. The van der Waals surface area contributed by atoms with Crippen LogP contribution >= 0.6 is 0 Å². The molecule has 2 aromatic rings. The lowest BCUT2D eigenvalue weighted by Gasteiger charge is -2.19. The van der Waals surface area contributed by atoms with Crippen LogP contribution in [0.4, 0.5) is 20.2 Å². The molecule has 4 N–H and O–H groups in total. The summed E-state index contributed by atoms with van der Waals surface area (Å²) in [5.74, 6) is -2.06. The topological polar surface area (TPSA) is 79.0 Å². The van der Waals surface area contributed by atoms with Crippen LogP contribution in [0.15, 0.2) is 18.2 Å². The van der Waals surface area contributed by atoms with Gasteiger partial charge in [0.25, 0.3) is 0 Å². The summed E-state index contributed by atoms with van der Waals surface area (Å²) in [6, 6.07) is 3.84. The first-order chi connectivity index (χ1) is 12.3. The van der Waals surface area contributed by atoms with E-state index >= 15 is 0 Å². The maximum Gasteiger partial charge on any atom is 0.170 e. The van der Waals surface area contributed by atoms with Crippen molar-refractivity contribution in [3.05, 3.63) is 46.5 Å². The van der Waals surface area contributed by atoms with E-state index in [9.17, 15) is 13.6 Å². The highest BCUT2D eigenvalue weighted by Crippen LogP contribution is 2.39. The molecule has 1 atom stereocenters. The summed E-state index contributed by atoms with van der Waals surface area (Å²) in [7, 11) is 1.60. The Kier molecular flexibility index (Phi) is 5.75. The number of nitrogen functional groups attached to an aromatic ring is 1. The SMILES string of the molecule is CCC(C)C(=O)c1c(F)cc(-c2c(F)ccc(C=N)c2NC)c(C)c1N. The van der Waals surface area contributed by atoms with Crippen LogP contribution in [0.1, 0.15) is 41.8 Å². The lowest BCUT2D eigenvalue weighted by molar-refractivity contribution is 0.0924. The van der Waals surface area contributed by atoms with Crippen LogP contribution in [-0.2, 0) is 0 Å². The van der Waals surface area contributed by atoms with Crippen molar-refractivity contribution in [1.82, 2.24) is 0 Å². The summed E-state index contributed by atoms with van der Waals surface area (Å²) in [6.07, 6.45) is 1.66. The molecule has 0 heterocycles. The van der Waals surface area contributed by atoms with Gasteiger partial charge in [0.1, 0.15) is 11.6 Å². The van der Waals surface area contributed by atoms with Gasteiger partial charge in [-0.15, -0.1) is 0 Å². The van der Waals surface area contributed by atoms with E-state index in [1.165, 1.54) is 12.1 Å². The predicted octanol–water partition coefficient (Wildman–Crippen LogP) is 4.79. The highest BCUT2D eigenvalue weighted by molar-refractivity contribution is 6.04. The van der Waals surface area contributed by atoms with Gasteiger partial charge in [0.2, 0.25) is 0 Å².